The Morgan fingerprint density at radius 2 is 2.04 bits per heavy atom. The van der Waals surface area contributed by atoms with Gasteiger partial charge in [-0.2, -0.15) is 18.4 Å². The van der Waals surface area contributed by atoms with Gasteiger partial charge in [0.25, 0.3) is 0 Å². The van der Waals surface area contributed by atoms with Gasteiger partial charge in [-0.25, -0.2) is 9.97 Å². The maximum absolute atomic E-state index is 12.9. The first-order valence-electron chi connectivity index (χ1n) is 8.67. The van der Waals surface area contributed by atoms with Gasteiger partial charge in [-0.1, -0.05) is 0 Å². The molecular weight excluding hydrogens is 355 g/mol. The van der Waals surface area contributed by atoms with E-state index in [2.05, 4.69) is 14.9 Å². The number of nitriles is 1. The Morgan fingerprint density at radius 1 is 1.26 bits per heavy atom. The first-order chi connectivity index (χ1) is 12.8. The van der Waals surface area contributed by atoms with Gasteiger partial charge in [0.05, 0.1) is 16.8 Å². The minimum absolute atomic E-state index is 0.0472. The maximum atomic E-state index is 12.9. The van der Waals surface area contributed by atoms with Crippen LogP contribution in [0.1, 0.15) is 29.7 Å². The largest absolute Gasteiger partial charge is 0.416 e. The number of rotatable bonds is 3. The van der Waals surface area contributed by atoms with Gasteiger partial charge in [-0.15, -0.1) is 0 Å². The minimum Gasteiger partial charge on any atom is -0.368 e. The van der Waals surface area contributed by atoms with Crippen LogP contribution >= 0.6 is 0 Å². The van der Waals surface area contributed by atoms with Crippen LogP contribution in [0.25, 0.3) is 0 Å². The molecule has 8 heteroatoms. The van der Waals surface area contributed by atoms with Crippen molar-refractivity contribution in [2.45, 2.75) is 32.0 Å². The molecule has 0 saturated carbocycles. The van der Waals surface area contributed by atoms with Crippen LogP contribution in [-0.2, 0) is 6.18 Å². The summed E-state index contributed by atoms with van der Waals surface area (Å²) in [4.78, 5) is 12.5. The number of hydrogen-bond acceptors (Lipinski definition) is 5. The van der Waals surface area contributed by atoms with Crippen molar-refractivity contribution in [3.63, 3.8) is 0 Å². The van der Waals surface area contributed by atoms with Gasteiger partial charge in [0.1, 0.15) is 18.2 Å². The Labute approximate surface area is 156 Å². The number of likely N-dealkylation sites (N-methyl/N-ethyl adjacent to an activating group) is 1. The number of piperidine rings is 1. The van der Waals surface area contributed by atoms with Crippen LogP contribution < -0.4 is 9.80 Å². The normalized spacial score (nSPS) is 17.5. The molecule has 1 fully saturated rings. The molecule has 0 radical (unpaired) electrons. The van der Waals surface area contributed by atoms with Crippen LogP contribution in [-0.4, -0.2) is 36.1 Å². The zero-order valence-electron chi connectivity index (χ0n) is 15.2. The van der Waals surface area contributed by atoms with Gasteiger partial charge in [-0.05, 0) is 38.0 Å². The molecule has 1 saturated heterocycles. The minimum atomic E-state index is -4.46. The fourth-order valence-corrected chi connectivity index (χ4v) is 3.39. The van der Waals surface area contributed by atoms with Crippen LogP contribution in [0.4, 0.5) is 24.7 Å². The third kappa shape index (κ3) is 4.13. The van der Waals surface area contributed by atoms with E-state index in [0.29, 0.717) is 18.8 Å². The molecule has 0 bridgehead atoms. The zero-order valence-corrected chi connectivity index (χ0v) is 15.2. The molecule has 1 unspecified atom stereocenters. The second-order valence-corrected chi connectivity index (χ2v) is 6.71. The van der Waals surface area contributed by atoms with Crippen LogP contribution in [0.3, 0.4) is 0 Å². The van der Waals surface area contributed by atoms with E-state index in [0.717, 1.165) is 36.5 Å². The fraction of sp³-hybridized carbons (Fsp3) is 0.421. The van der Waals surface area contributed by atoms with Crippen molar-refractivity contribution in [2.75, 3.05) is 29.9 Å². The van der Waals surface area contributed by atoms with Gasteiger partial charge in [0.15, 0.2) is 0 Å². The SMILES string of the molecule is Cc1cc(N(C)C2CCCN(c3ccc(C(F)(F)F)cc3C#N)C2)ncn1. The number of benzene rings is 1. The smallest absolute Gasteiger partial charge is 0.368 e. The lowest BCUT2D eigenvalue weighted by molar-refractivity contribution is -0.137. The summed E-state index contributed by atoms with van der Waals surface area (Å²) in [6.45, 7) is 3.21. The lowest BCUT2D eigenvalue weighted by Crippen LogP contribution is -2.47. The summed E-state index contributed by atoms with van der Waals surface area (Å²) in [5, 5.41) is 9.35. The Morgan fingerprint density at radius 3 is 2.70 bits per heavy atom. The number of hydrogen-bond donors (Lipinski definition) is 0. The first-order valence-corrected chi connectivity index (χ1v) is 8.67. The molecule has 1 aromatic heterocycles. The molecule has 1 aromatic carbocycles. The van der Waals surface area contributed by atoms with Crippen LogP contribution in [0.15, 0.2) is 30.6 Å². The summed E-state index contributed by atoms with van der Waals surface area (Å²) in [6.07, 6.45) is -1.12. The Bertz CT molecular complexity index is 859. The molecule has 1 atom stereocenters. The van der Waals surface area contributed by atoms with E-state index in [4.69, 9.17) is 0 Å². The third-order valence-corrected chi connectivity index (χ3v) is 4.88. The predicted octanol–water partition coefficient (Wildman–Crippen LogP) is 3.78. The van der Waals surface area contributed by atoms with E-state index in [9.17, 15) is 18.4 Å². The van der Waals surface area contributed by atoms with Crippen molar-refractivity contribution < 1.29 is 13.2 Å². The molecule has 1 aliphatic heterocycles. The van der Waals surface area contributed by atoms with Crippen molar-refractivity contribution in [3.8, 4) is 6.07 Å². The van der Waals surface area contributed by atoms with Gasteiger partial charge in [0, 0.05) is 37.9 Å². The number of nitrogens with zero attached hydrogens (tertiary/aromatic N) is 5. The molecular formula is C19H20F3N5. The molecule has 2 heterocycles. The molecule has 5 nitrogen and oxygen atoms in total. The van der Waals surface area contributed by atoms with Crippen LogP contribution in [0.5, 0.6) is 0 Å². The highest BCUT2D eigenvalue weighted by atomic mass is 19.4. The lowest BCUT2D eigenvalue weighted by Gasteiger charge is -2.39. The van der Waals surface area contributed by atoms with Gasteiger partial charge < -0.3 is 9.80 Å². The predicted molar refractivity (Wildman–Crippen MR) is 96.6 cm³/mol. The van der Waals surface area contributed by atoms with Crippen molar-refractivity contribution in [3.05, 3.63) is 47.4 Å². The number of anilines is 2. The molecule has 1 aliphatic rings. The highest BCUT2D eigenvalue weighted by Gasteiger charge is 2.32. The second-order valence-electron chi connectivity index (χ2n) is 6.71. The average Bonchev–Trinajstić information content (AvgIpc) is 2.66. The molecule has 27 heavy (non-hydrogen) atoms. The van der Waals surface area contributed by atoms with Gasteiger partial charge in [0.2, 0.25) is 0 Å². The van der Waals surface area contributed by atoms with Crippen LogP contribution in [0.2, 0.25) is 0 Å². The summed E-state index contributed by atoms with van der Waals surface area (Å²) in [5.41, 5.74) is 0.660. The molecule has 0 amide bonds. The third-order valence-electron chi connectivity index (χ3n) is 4.88. The van der Waals surface area contributed by atoms with Crippen molar-refractivity contribution >= 4 is 11.5 Å². The number of aromatic nitrogens is 2. The molecule has 142 valence electrons. The Balaban J connectivity index is 1.83. The fourth-order valence-electron chi connectivity index (χ4n) is 3.39. The summed E-state index contributed by atoms with van der Waals surface area (Å²) in [5.74, 6) is 0.808. The standard InChI is InChI=1S/C19H20F3N5/c1-13-8-18(25-12-24-13)26(2)16-4-3-7-27(11-16)17-6-5-15(19(20,21)22)9-14(17)10-23/h5-6,8-9,12,16H,3-4,7,11H2,1-2H3. The van der Waals surface area contributed by atoms with Crippen molar-refractivity contribution in [1.29, 1.82) is 5.26 Å². The van der Waals surface area contributed by atoms with E-state index in [1.807, 2.05) is 31.0 Å². The zero-order chi connectivity index (χ0) is 19.6. The van der Waals surface area contributed by atoms with E-state index in [1.165, 1.54) is 12.4 Å². The summed E-state index contributed by atoms with van der Waals surface area (Å²) in [6, 6.07) is 7.32. The summed E-state index contributed by atoms with van der Waals surface area (Å²) < 4.78 is 38.8. The van der Waals surface area contributed by atoms with Crippen molar-refractivity contribution in [1.82, 2.24) is 9.97 Å². The van der Waals surface area contributed by atoms with E-state index < -0.39 is 11.7 Å². The summed E-state index contributed by atoms with van der Waals surface area (Å²) >= 11 is 0. The molecule has 0 aliphatic carbocycles. The monoisotopic (exact) mass is 375 g/mol. The average molecular weight is 375 g/mol. The van der Waals surface area contributed by atoms with Crippen LogP contribution in [0, 0.1) is 18.3 Å². The topological polar surface area (TPSA) is 56.0 Å². The molecule has 2 aromatic rings. The quantitative estimate of drug-likeness (QED) is 0.817. The van der Waals surface area contributed by atoms with Gasteiger partial charge in [-0.3, -0.25) is 0 Å². The molecule has 0 N–H and O–H groups in total. The summed E-state index contributed by atoms with van der Waals surface area (Å²) in [7, 11) is 1.95. The lowest BCUT2D eigenvalue weighted by atomic mass is 10.0. The molecule has 0 spiro atoms. The van der Waals surface area contributed by atoms with Crippen molar-refractivity contribution in [2.24, 2.45) is 0 Å². The second kappa shape index (κ2) is 7.43. The highest BCUT2D eigenvalue weighted by Crippen LogP contribution is 2.34. The Hall–Kier alpha value is -2.82. The molecule has 3 rings (SSSR count). The van der Waals surface area contributed by atoms with E-state index in [1.54, 1.807) is 0 Å². The highest BCUT2D eigenvalue weighted by molar-refractivity contribution is 5.61. The first kappa shape index (κ1) is 19.0. The Kier molecular flexibility index (Phi) is 5.22. The van der Waals surface area contributed by atoms with Gasteiger partial charge >= 0.3 is 6.18 Å². The number of aryl methyl sites for hydroxylation is 1. The number of alkyl halides is 3. The number of halogens is 3. The van der Waals surface area contributed by atoms with E-state index in [-0.39, 0.29) is 11.6 Å². The maximum Gasteiger partial charge on any atom is 0.416 e. The van der Waals surface area contributed by atoms with E-state index >= 15 is 0 Å².